The van der Waals surface area contributed by atoms with Gasteiger partial charge in [-0.2, -0.15) is 8.78 Å². The van der Waals surface area contributed by atoms with E-state index < -0.39 is 53.2 Å². The number of allylic oxidation sites excluding steroid dienone is 1. The Labute approximate surface area is 194 Å². The lowest BCUT2D eigenvalue weighted by Gasteiger charge is -2.10. The van der Waals surface area contributed by atoms with Gasteiger partial charge in [0.2, 0.25) is 34.9 Å². The maximum absolute atomic E-state index is 13.6. The van der Waals surface area contributed by atoms with Crippen LogP contribution in [0, 0.1) is 29.1 Å². The Morgan fingerprint density at radius 2 is 1.60 bits per heavy atom. The maximum atomic E-state index is 13.6. The summed E-state index contributed by atoms with van der Waals surface area (Å²) in [4.78, 5) is 24.6. The van der Waals surface area contributed by atoms with E-state index in [1.807, 2.05) is 0 Å². The number of esters is 1. The summed E-state index contributed by atoms with van der Waals surface area (Å²) in [6.45, 7) is -1.17. The van der Waals surface area contributed by atoms with Crippen LogP contribution < -0.4 is 18.9 Å². The molecule has 180 valence electrons. The Morgan fingerprint density at radius 1 is 0.943 bits per heavy atom. The van der Waals surface area contributed by atoms with Gasteiger partial charge >= 0.3 is 5.97 Å². The molecule has 0 fully saturated rings. The van der Waals surface area contributed by atoms with Crippen molar-refractivity contribution in [2.45, 2.75) is 0 Å². The van der Waals surface area contributed by atoms with Crippen LogP contribution in [-0.4, -0.2) is 25.5 Å². The molecule has 3 aromatic carbocycles. The molecule has 0 saturated heterocycles. The topological polar surface area (TPSA) is 71.1 Å². The van der Waals surface area contributed by atoms with E-state index in [2.05, 4.69) is 4.74 Å². The van der Waals surface area contributed by atoms with Crippen molar-refractivity contribution < 1.29 is 50.5 Å². The Kier molecular flexibility index (Phi) is 6.41. The SMILES string of the molecule is COc1ccccc1/C=C1\Oc2cc(OC(=O)COc3c(F)c(F)c(F)c(F)c3F)ccc2C1=O. The predicted molar refractivity (Wildman–Crippen MR) is 110 cm³/mol. The third-order valence-electron chi connectivity index (χ3n) is 4.80. The average molecular weight is 492 g/mol. The number of halogens is 5. The zero-order chi connectivity index (χ0) is 25.3. The molecule has 0 bridgehead atoms. The first-order valence-corrected chi connectivity index (χ1v) is 9.77. The molecule has 0 aliphatic carbocycles. The van der Waals surface area contributed by atoms with Crippen LogP contribution in [0.5, 0.6) is 23.0 Å². The van der Waals surface area contributed by atoms with E-state index in [4.69, 9.17) is 14.2 Å². The summed E-state index contributed by atoms with van der Waals surface area (Å²) in [6.07, 6.45) is 1.48. The number of benzene rings is 3. The number of methoxy groups -OCH3 is 1. The summed E-state index contributed by atoms with van der Waals surface area (Å²) in [5.41, 5.74) is 0.770. The van der Waals surface area contributed by atoms with E-state index in [1.165, 1.54) is 31.4 Å². The fourth-order valence-corrected chi connectivity index (χ4v) is 3.16. The molecule has 0 unspecified atom stereocenters. The van der Waals surface area contributed by atoms with Crippen molar-refractivity contribution in [3.8, 4) is 23.0 Å². The molecule has 0 aromatic heterocycles. The van der Waals surface area contributed by atoms with Gasteiger partial charge in [-0.05, 0) is 24.3 Å². The molecule has 1 aliphatic rings. The van der Waals surface area contributed by atoms with Gasteiger partial charge in [-0.1, -0.05) is 18.2 Å². The lowest BCUT2D eigenvalue weighted by atomic mass is 10.1. The molecule has 11 heteroatoms. The Hall–Kier alpha value is -4.41. The second-order valence-corrected chi connectivity index (χ2v) is 7.00. The number of carbonyl (C=O) groups excluding carboxylic acids is 2. The van der Waals surface area contributed by atoms with Gasteiger partial charge in [0.05, 0.1) is 12.7 Å². The number of fused-ring (bicyclic) bond motifs is 1. The van der Waals surface area contributed by atoms with E-state index in [9.17, 15) is 31.5 Å². The minimum Gasteiger partial charge on any atom is -0.496 e. The van der Waals surface area contributed by atoms with Gasteiger partial charge in [0.15, 0.2) is 18.1 Å². The highest BCUT2D eigenvalue weighted by Gasteiger charge is 2.29. The Bertz CT molecular complexity index is 1360. The van der Waals surface area contributed by atoms with Crippen molar-refractivity contribution in [3.05, 3.63) is 88.4 Å². The highest BCUT2D eigenvalue weighted by molar-refractivity contribution is 6.14. The maximum Gasteiger partial charge on any atom is 0.349 e. The first-order valence-electron chi connectivity index (χ1n) is 9.77. The third kappa shape index (κ3) is 4.52. The molecular formula is C24H13F5O6. The Morgan fingerprint density at radius 3 is 2.29 bits per heavy atom. The molecular weight excluding hydrogens is 479 g/mol. The van der Waals surface area contributed by atoms with Gasteiger partial charge in [-0.25, -0.2) is 18.0 Å². The second-order valence-electron chi connectivity index (χ2n) is 7.00. The smallest absolute Gasteiger partial charge is 0.349 e. The molecule has 4 rings (SSSR count). The summed E-state index contributed by atoms with van der Waals surface area (Å²) >= 11 is 0. The standard InChI is InChI=1S/C24H13F5O6/c1-32-14-5-3-2-4-11(14)8-16-23(31)13-7-6-12(9-15(13)35-16)34-17(30)10-33-24-21(28)19(26)18(25)20(27)22(24)29/h2-9H,10H2,1H3/b16-8-. The molecule has 1 aliphatic heterocycles. The first kappa shape index (κ1) is 23.7. The van der Waals surface area contributed by atoms with Gasteiger partial charge in [0.1, 0.15) is 17.2 Å². The van der Waals surface area contributed by atoms with Crippen LogP contribution in [-0.2, 0) is 4.79 Å². The van der Waals surface area contributed by atoms with Crippen molar-refractivity contribution in [3.63, 3.8) is 0 Å². The van der Waals surface area contributed by atoms with Gasteiger partial charge < -0.3 is 18.9 Å². The fourth-order valence-electron chi connectivity index (χ4n) is 3.16. The van der Waals surface area contributed by atoms with Crippen LogP contribution in [0.15, 0.2) is 48.2 Å². The molecule has 0 spiro atoms. The quantitative estimate of drug-likeness (QED) is 0.121. The van der Waals surface area contributed by atoms with E-state index in [1.54, 1.807) is 24.3 Å². The molecule has 0 atom stereocenters. The summed E-state index contributed by atoms with van der Waals surface area (Å²) < 4.78 is 87.0. The number of ether oxygens (including phenoxy) is 4. The van der Waals surface area contributed by atoms with Crippen LogP contribution in [0.4, 0.5) is 22.0 Å². The van der Waals surface area contributed by atoms with Crippen LogP contribution in [0.25, 0.3) is 6.08 Å². The van der Waals surface area contributed by atoms with Crippen molar-refractivity contribution in [1.82, 2.24) is 0 Å². The number of Topliss-reactive ketones (excluding diaryl/α,β-unsaturated/α-hetero) is 1. The summed E-state index contributed by atoms with van der Waals surface area (Å²) in [5, 5.41) is 0. The monoisotopic (exact) mass is 492 g/mol. The minimum absolute atomic E-state index is 0.0115. The fraction of sp³-hybridized carbons (Fsp3) is 0.0833. The van der Waals surface area contributed by atoms with E-state index in [0.29, 0.717) is 11.3 Å². The first-order chi connectivity index (χ1) is 16.7. The van der Waals surface area contributed by atoms with E-state index >= 15 is 0 Å². The average Bonchev–Trinajstić information content (AvgIpc) is 3.16. The molecule has 0 radical (unpaired) electrons. The second kappa shape index (κ2) is 9.45. The van der Waals surface area contributed by atoms with E-state index in [-0.39, 0.29) is 22.8 Å². The largest absolute Gasteiger partial charge is 0.496 e. The Balaban J connectivity index is 1.47. The number of carbonyl (C=O) groups is 2. The number of hydrogen-bond donors (Lipinski definition) is 0. The zero-order valence-corrected chi connectivity index (χ0v) is 17.7. The van der Waals surface area contributed by atoms with Gasteiger partial charge in [0, 0.05) is 11.6 Å². The lowest BCUT2D eigenvalue weighted by molar-refractivity contribution is -0.136. The van der Waals surface area contributed by atoms with Crippen molar-refractivity contribution in [2.75, 3.05) is 13.7 Å². The molecule has 6 nitrogen and oxygen atoms in total. The van der Waals surface area contributed by atoms with Crippen molar-refractivity contribution in [1.29, 1.82) is 0 Å². The number of hydrogen-bond acceptors (Lipinski definition) is 6. The van der Waals surface area contributed by atoms with Crippen molar-refractivity contribution in [2.24, 2.45) is 0 Å². The predicted octanol–water partition coefficient (Wildman–Crippen LogP) is 4.99. The number of ketones is 1. The molecule has 3 aromatic rings. The van der Waals surface area contributed by atoms with Gasteiger partial charge in [-0.3, -0.25) is 4.79 Å². The van der Waals surface area contributed by atoms with Gasteiger partial charge in [-0.15, -0.1) is 0 Å². The van der Waals surface area contributed by atoms with Crippen LogP contribution >= 0.6 is 0 Å². The molecule has 1 heterocycles. The van der Waals surface area contributed by atoms with Crippen LogP contribution in [0.3, 0.4) is 0 Å². The highest BCUT2D eigenvalue weighted by Crippen LogP contribution is 2.36. The van der Waals surface area contributed by atoms with Crippen LogP contribution in [0.2, 0.25) is 0 Å². The minimum atomic E-state index is -2.36. The van der Waals surface area contributed by atoms with Gasteiger partial charge in [0.25, 0.3) is 0 Å². The lowest BCUT2D eigenvalue weighted by Crippen LogP contribution is -2.19. The van der Waals surface area contributed by atoms with Crippen LogP contribution in [0.1, 0.15) is 15.9 Å². The highest BCUT2D eigenvalue weighted by atomic mass is 19.2. The summed E-state index contributed by atoms with van der Waals surface area (Å²) in [5.74, 6) is -14.1. The molecule has 0 amide bonds. The molecule has 35 heavy (non-hydrogen) atoms. The third-order valence-corrected chi connectivity index (χ3v) is 4.80. The van der Waals surface area contributed by atoms with Crippen molar-refractivity contribution >= 4 is 17.8 Å². The number of para-hydroxylation sites is 1. The normalized spacial score (nSPS) is 13.4. The summed E-state index contributed by atoms with van der Waals surface area (Å²) in [7, 11) is 1.47. The summed E-state index contributed by atoms with van der Waals surface area (Å²) in [6, 6.07) is 10.7. The molecule has 0 N–H and O–H groups in total. The molecule has 0 saturated carbocycles. The number of rotatable bonds is 6. The van der Waals surface area contributed by atoms with E-state index in [0.717, 1.165) is 0 Å². The zero-order valence-electron chi connectivity index (χ0n) is 17.7.